The maximum atomic E-state index is 12.2. The van der Waals surface area contributed by atoms with Crippen LogP contribution in [0.15, 0.2) is 35.7 Å². The number of likely N-dealkylation sites (tertiary alicyclic amines) is 1. The van der Waals surface area contributed by atoms with Crippen molar-refractivity contribution in [3.63, 3.8) is 0 Å². The number of ether oxygens (including phenoxy) is 1. The van der Waals surface area contributed by atoms with Crippen molar-refractivity contribution < 1.29 is 14.3 Å². The van der Waals surface area contributed by atoms with Gasteiger partial charge in [0.1, 0.15) is 5.01 Å². The first-order chi connectivity index (χ1) is 11.1. The van der Waals surface area contributed by atoms with Crippen LogP contribution in [0, 0.1) is 0 Å². The highest BCUT2D eigenvalue weighted by molar-refractivity contribution is 7.13. The van der Waals surface area contributed by atoms with Crippen molar-refractivity contribution in [2.45, 2.75) is 25.9 Å². The van der Waals surface area contributed by atoms with E-state index in [-0.39, 0.29) is 11.6 Å². The number of carbonyl (C=O) groups is 2. The molecular formula is C17H18N2O3S. The molecule has 3 rings (SSSR count). The van der Waals surface area contributed by atoms with E-state index < -0.39 is 12.1 Å². The predicted octanol–water partition coefficient (Wildman–Crippen LogP) is 2.98. The summed E-state index contributed by atoms with van der Waals surface area (Å²) in [7, 11) is 0. The molecule has 23 heavy (non-hydrogen) atoms. The van der Waals surface area contributed by atoms with Crippen LogP contribution < -0.4 is 0 Å². The lowest BCUT2D eigenvalue weighted by atomic mass is 10.2. The highest BCUT2D eigenvalue weighted by Gasteiger charge is 2.27. The van der Waals surface area contributed by atoms with E-state index in [0.29, 0.717) is 0 Å². The Morgan fingerprint density at radius 1 is 1.22 bits per heavy atom. The Labute approximate surface area is 138 Å². The van der Waals surface area contributed by atoms with Gasteiger partial charge in [-0.3, -0.25) is 4.79 Å². The standard InChI is InChI=1S/C17H18N2O3S/c1-12(16(20)19-9-5-6-10-19)22-17(21)14-11-23-15(18-14)13-7-3-2-4-8-13/h2-4,7-8,11-12H,5-6,9-10H2,1H3/t12-/m1/s1. The maximum absolute atomic E-state index is 12.2. The number of rotatable bonds is 4. The van der Waals surface area contributed by atoms with Crippen molar-refractivity contribution in [2.24, 2.45) is 0 Å². The summed E-state index contributed by atoms with van der Waals surface area (Å²) in [5.41, 5.74) is 1.20. The number of amides is 1. The molecule has 0 bridgehead atoms. The molecule has 0 radical (unpaired) electrons. The summed E-state index contributed by atoms with van der Waals surface area (Å²) in [5.74, 6) is -0.683. The molecule has 6 heteroatoms. The summed E-state index contributed by atoms with van der Waals surface area (Å²) in [6.07, 6.45) is 1.25. The van der Waals surface area contributed by atoms with Crippen molar-refractivity contribution in [3.05, 3.63) is 41.4 Å². The van der Waals surface area contributed by atoms with Crippen LogP contribution in [0.5, 0.6) is 0 Å². The van der Waals surface area contributed by atoms with Gasteiger partial charge in [-0.1, -0.05) is 30.3 Å². The normalized spacial score (nSPS) is 15.4. The van der Waals surface area contributed by atoms with E-state index in [1.807, 2.05) is 30.3 Å². The van der Waals surface area contributed by atoms with Gasteiger partial charge in [-0.15, -0.1) is 11.3 Å². The molecule has 5 nitrogen and oxygen atoms in total. The largest absolute Gasteiger partial charge is 0.448 e. The zero-order valence-electron chi connectivity index (χ0n) is 12.9. The van der Waals surface area contributed by atoms with Crippen LogP contribution in [0.2, 0.25) is 0 Å². The summed E-state index contributed by atoms with van der Waals surface area (Å²) >= 11 is 1.38. The molecule has 1 aliphatic rings. The van der Waals surface area contributed by atoms with E-state index in [0.717, 1.165) is 36.5 Å². The Kier molecular flexibility index (Phi) is 4.71. The molecule has 0 spiro atoms. The van der Waals surface area contributed by atoms with Gasteiger partial charge in [0, 0.05) is 24.0 Å². The minimum absolute atomic E-state index is 0.130. The lowest BCUT2D eigenvalue weighted by Crippen LogP contribution is -2.38. The summed E-state index contributed by atoms with van der Waals surface area (Å²) in [6, 6.07) is 9.65. The van der Waals surface area contributed by atoms with Gasteiger partial charge in [0.25, 0.3) is 5.91 Å². The summed E-state index contributed by atoms with van der Waals surface area (Å²) < 4.78 is 5.27. The maximum Gasteiger partial charge on any atom is 0.358 e. The molecule has 2 heterocycles. The quantitative estimate of drug-likeness (QED) is 0.809. The molecule has 0 unspecified atom stereocenters. The Hall–Kier alpha value is -2.21. The molecule has 2 aromatic rings. The van der Waals surface area contributed by atoms with Crippen molar-refractivity contribution in [3.8, 4) is 10.6 Å². The fourth-order valence-electron chi connectivity index (χ4n) is 2.55. The highest BCUT2D eigenvalue weighted by atomic mass is 32.1. The summed E-state index contributed by atoms with van der Waals surface area (Å²) in [4.78, 5) is 30.4. The van der Waals surface area contributed by atoms with Crippen LogP contribution in [-0.4, -0.2) is 41.0 Å². The van der Waals surface area contributed by atoms with Crippen LogP contribution in [0.4, 0.5) is 0 Å². The SMILES string of the molecule is C[C@@H](OC(=O)c1csc(-c2ccccc2)n1)C(=O)N1CCCC1. The molecule has 1 fully saturated rings. The molecule has 0 N–H and O–H groups in total. The van der Waals surface area contributed by atoms with Crippen LogP contribution in [0.25, 0.3) is 10.6 Å². The fraction of sp³-hybridized carbons (Fsp3) is 0.353. The average Bonchev–Trinajstić information content (AvgIpc) is 3.26. The van der Waals surface area contributed by atoms with Gasteiger partial charge < -0.3 is 9.64 Å². The second-order valence-corrected chi connectivity index (χ2v) is 6.34. The van der Waals surface area contributed by atoms with Crippen LogP contribution in [-0.2, 0) is 9.53 Å². The first kappa shape index (κ1) is 15.7. The number of carbonyl (C=O) groups excluding carboxylic acids is 2. The number of nitrogens with zero attached hydrogens (tertiary/aromatic N) is 2. The first-order valence-electron chi connectivity index (χ1n) is 7.66. The second kappa shape index (κ2) is 6.91. The Morgan fingerprint density at radius 2 is 1.91 bits per heavy atom. The smallest absolute Gasteiger partial charge is 0.358 e. The lowest BCUT2D eigenvalue weighted by molar-refractivity contribution is -0.138. The minimum atomic E-state index is -0.775. The van der Waals surface area contributed by atoms with Crippen molar-refractivity contribution in [1.82, 2.24) is 9.88 Å². The van der Waals surface area contributed by atoms with Crippen LogP contribution >= 0.6 is 11.3 Å². The second-order valence-electron chi connectivity index (χ2n) is 5.48. The number of thiazole rings is 1. The number of aromatic nitrogens is 1. The van der Waals surface area contributed by atoms with Gasteiger partial charge in [0.15, 0.2) is 11.8 Å². The molecule has 1 aliphatic heterocycles. The zero-order chi connectivity index (χ0) is 16.2. The predicted molar refractivity (Wildman–Crippen MR) is 88.2 cm³/mol. The molecule has 1 aromatic carbocycles. The highest BCUT2D eigenvalue weighted by Crippen LogP contribution is 2.23. The number of esters is 1. The topological polar surface area (TPSA) is 59.5 Å². The molecule has 0 aliphatic carbocycles. The van der Waals surface area contributed by atoms with Crippen molar-refractivity contribution in [1.29, 1.82) is 0 Å². The van der Waals surface area contributed by atoms with E-state index >= 15 is 0 Å². The monoisotopic (exact) mass is 330 g/mol. The van der Waals surface area contributed by atoms with E-state index in [9.17, 15) is 9.59 Å². The number of hydrogen-bond donors (Lipinski definition) is 0. The molecule has 0 saturated carbocycles. The van der Waals surface area contributed by atoms with Crippen LogP contribution in [0.3, 0.4) is 0 Å². The number of hydrogen-bond acceptors (Lipinski definition) is 5. The van der Waals surface area contributed by atoms with Crippen LogP contribution in [0.1, 0.15) is 30.3 Å². The molecule has 1 amide bonds. The zero-order valence-corrected chi connectivity index (χ0v) is 13.7. The van der Waals surface area contributed by atoms with Gasteiger partial charge in [0.05, 0.1) is 0 Å². The molecule has 1 atom stereocenters. The first-order valence-corrected chi connectivity index (χ1v) is 8.54. The van der Waals surface area contributed by atoms with Crippen molar-refractivity contribution >= 4 is 23.2 Å². The summed E-state index contributed by atoms with van der Waals surface area (Å²) in [5, 5.41) is 2.42. The van der Waals surface area contributed by atoms with Gasteiger partial charge in [0.2, 0.25) is 0 Å². The average molecular weight is 330 g/mol. The van der Waals surface area contributed by atoms with Gasteiger partial charge >= 0.3 is 5.97 Å². The fourth-order valence-corrected chi connectivity index (χ4v) is 3.34. The molecule has 120 valence electrons. The Balaban J connectivity index is 1.64. The third-order valence-corrected chi connectivity index (χ3v) is 4.67. The van der Waals surface area contributed by atoms with E-state index in [1.165, 1.54) is 11.3 Å². The van der Waals surface area contributed by atoms with E-state index in [4.69, 9.17) is 4.74 Å². The Morgan fingerprint density at radius 3 is 2.61 bits per heavy atom. The van der Waals surface area contributed by atoms with E-state index in [2.05, 4.69) is 4.98 Å². The molecule has 1 aromatic heterocycles. The van der Waals surface area contributed by atoms with Gasteiger partial charge in [-0.05, 0) is 19.8 Å². The third-order valence-electron chi connectivity index (χ3n) is 3.78. The van der Waals surface area contributed by atoms with Crippen molar-refractivity contribution in [2.75, 3.05) is 13.1 Å². The minimum Gasteiger partial charge on any atom is -0.448 e. The number of benzene rings is 1. The lowest BCUT2D eigenvalue weighted by Gasteiger charge is -2.19. The molecular weight excluding hydrogens is 312 g/mol. The molecule has 1 saturated heterocycles. The Bertz CT molecular complexity index is 693. The van der Waals surface area contributed by atoms with E-state index in [1.54, 1.807) is 17.2 Å². The summed E-state index contributed by atoms with van der Waals surface area (Å²) in [6.45, 7) is 3.11. The third kappa shape index (κ3) is 3.59. The van der Waals surface area contributed by atoms with Gasteiger partial charge in [-0.25, -0.2) is 9.78 Å². The van der Waals surface area contributed by atoms with Gasteiger partial charge in [-0.2, -0.15) is 0 Å².